The van der Waals surface area contributed by atoms with Crippen molar-refractivity contribution in [3.05, 3.63) is 77.4 Å². The Morgan fingerprint density at radius 1 is 0.743 bits per heavy atom. The molecule has 0 spiro atoms. The SMILES string of the molecule is CCCCCC1CCC(c2ccc(-c3ccc(-c4ccc(OC)cc4)c(C#N)c3C#N)cc2)CC1. The molecular weight excluding hydrogens is 428 g/mol. The highest BCUT2D eigenvalue weighted by atomic mass is 16.5. The van der Waals surface area contributed by atoms with Crippen LogP contribution in [-0.2, 0) is 0 Å². The van der Waals surface area contributed by atoms with Crippen LogP contribution in [-0.4, -0.2) is 7.11 Å². The second-order valence-corrected chi connectivity index (χ2v) is 9.70. The van der Waals surface area contributed by atoms with Crippen molar-refractivity contribution in [1.82, 2.24) is 0 Å². The van der Waals surface area contributed by atoms with Gasteiger partial charge in [0.05, 0.1) is 18.2 Å². The minimum atomic E-state index is 0.417. The zero-order chi connectivity index (χ0) is 24.6. The van der Waals surface area contributed by atoms with Gasteiger partial charge in [0.15, 0.2) is 0 Å². The summed E-state index contributed by atoms with van der Waals surface area (Å²) in [7, 11) is 1.63. The highest BCUT2D eigenvalue weighted by molar-refractivity contribution is 5.82. The zero-order valence-corrected chi connectivity index (χ0v) is 20.9. The summed E-state index contributed by atoms with van der Waals surface area (Å²) in [5.41, 5.74) is 5.70. The van der Waals surface area contributed by atoms with Gasteiger partial charge in [-0.1, -0.05) is 81.1 Å². The molecule has 0 amide bonds. The van der Waals surface area contributed by atoms with Crippen LogP contribution in [0.4, 0.5) is 0 Å². The summed E-state index contributed by atoms with van der Waals surface area (Å²) in [4.78, 5) is 0. The van der Waals surface area contributed by atoms with Gasteiger partial charge in [0.2, 0.25) is 0 Å². The number of unbranched alkanes of at least 4 members (excludes halogenated alkanes) is 2. The molecule has 35 heavy (non-hydrogen) atoms. The molecule has 4 rings (SSSR count). The zero-order valence-electron chi connectivity index (χ0n) is 20.9. The standard InChI is InChI=1S/C32H34N2O/c1-3-4-5-6-23-7-9-24(10-8-23)25-11-13-26(14-12-25)29-19-20-30(32(22-34)31(29)21-33)27-15-17-28(35-2)18-16-27/h11-20,23-24H,3-10H2,1-2H3. The summed E-state index contributed by atoms with van der Waals surface area (Å²) in [6, 6.07) is 24.8. The Balaban J connectivity index is 1.53. The molecule has 3 aromatic carbocycles. The van der Waals surface area contributed by atoms with E-state index in [9.17, 15) is 10.5 Å². The number of benzene rings is 3. The maximum atomic E-state index is 9.98. The normalized spacial score (nSPS) is 17.4. The van der Waals surface area contributed by atoms with E-state index in [0.717, 1.165) is 33.9 Å². The van der Waals surface area contributed by atoms with Crippen LogP contribution in [0.3, 0.4) is 0 Å². The van der Waals surface area contributed by atoms with Crippen LogP contribution in [0.1, 0.15) is 80.9 Å². The van der Waals surface area contributed by atoms with Crippen molar-refractivity contribution in [3.63, 3.8) is 0 Å². The molecule has 0 N–H and O–H groups in total. The van der Waals surface area contributed by atoms with E-state index in [-0.39, 0.29) is 0 Å². The predicted octanol–water partition coefficient (Wildman–Crippen LogP) is 8.63. The molecule has 3 aromatic rings. The van der Waals surface area contributed by atoms with Gasteiger partial charge in [-0.2, -0.15) is 10.5 Å². The van der Waals surface area contributed by atoms with Crippen molar-refractivity contribution >= 4 is 0 Å². The lowest BCUT2D eigenvalue weighted by atomic mass is 9.77. The van der Waals surface area contributed by atoms with Gasteiger partial charge in [0.1, 0.15) is 17.9 Å². The number of methoxy groups -OCH3 is 1. The van der Waals surface area contributed by atoms with Gasteiger partial charge in [-0.05, 0) is 66.3 Å². The van der Waals surface area contributed by atoms with Crippen LogP contribution in [0, 0.1) is 28.6 Å². The molecule has 0 atom stereocenters. The van der Waals surface area contributed by atoms with Crippen molar-refractivity contribution in [3.8, 4) is 40.1 Å². The van der Waals surface area contributed by atoms with Crippen molar-refractivity contribution in [1.29, 1.82) is 10.5 Å². The first-order valence-corrected chi connectivity index (χ1v) is 12.9. The van der Waals surface area contributed by atoms with E-state index < -0.39 is 0 Å². The van der Waals surface area contributed by atoms with E-state index in [4.69, 9.17) is 4.74 Å². The number of hydrogen-bond acceptors (Lipinski definition) is 3. The Hall–Kier alpha value is -3.56. The summed E-state index contributed by atoms with van der Waals surface area (Å²) in [5, 5.41) is 19.9. The van der Waals surface area contributed by atoms with E-state index in [1.54, 1.807) is 7.11 Å². The Bertz CT molecular complexity index is 1200. The van der Waals surface area contributed by atoms with E-state index in [1.807, 2.05) is 36.4 Å². The molecule has 3 nitrogen and oxygen atoms in total. The largest absolute Gasteiger partial charge is 0.497 e. The van der Waals surface area contributed by atoms with Crippen LogP contribution in [0.2, 0.25) is 0 Å². The van der Waals surface area contributed by atoms with Crippen molar-refractivity contribution in [2.24, 2.45) is 5.92 Å². The molecule has 1 saturated carbocycles. The Labute approximate surface area is 210 Å². The first-order valence-electron chi connectivity index (χ1n) is 12.9. The fourth-order valence-electron chi connectivity index (χ4n) is 5.49. The second-order valence-electron chi connectivity index (χ2n) is 9.70. The highest BCUT2D eigenvalue weighted by Crippen LogP contribution is 2.39. The van der Waals surface area contributed by atoms with Gasteiger partial charge >= 0.3 is 0 Å². The molecule has 3 heteroatoms. The van der Waals surface area contributed by atoms with Gasteiger partial charge in [0.25, 0.3) is 0 Å². The van der Waals surface area contributed by atoms with E-state index in [2.05, 4.69) is 43.3 Å². The number of ether oxygens (including phenoxy) is 1. The van der Waals surface area contributed by atoms with Gasteiger partial charge in [0, 0.05) is 11.1 Å². The molecule has 1 fully saturated rings. The molecule has 178 valence electrons. The van der Waals surface area contributed by atoms with Crippen LogP contribution < -0.4 is 4.74 Å². The Kier molecular flexibility index (Phi) is 8.23. The summed E-state index contributed by atoms with van der Waals surface area (Å²) in [6.45, 7) is 2.27. The Morgan fingerprint density at radius 3 is 1.77 bits per heavy atom. The quantitative estimate of drug-likeness (QED) is 0.315. The topological polar surface area (TPSA) is 56.8 Å². The lowest BCUT2D eigenvalue weighted by Gasteiger charge is -2.29. The maximum Gasteiger partial charge on any atom is 0.118 e. The third-order valence-electron chi connectivity index (χ3n) is 7.59. The molecule has 0 unspecified atom stereocenters. The van der Waals surface area contributed by atoms with E-state index >= 15 is 0 Å². The van der Waals surface area contributed by atoms with Gasteiger partial charge < -0.3 is 4.74 Å². The van der Waals surface area contributed by atoms with Crippen molar-refractivity contribution < 1.29 is 4.74 Å². The lowest BCUT2D eigenvalue weighted by molar-refractivity contribution is 0.303. The Morgan fingerprint density at radius 2 is 1.29 bits per heavy atom. The number of rotatable bonds is 8. The molecule has 1 aliphatic carbocycles. The molecular formula is C32H34N2O. The third kappa shape index (κ3) is 5.58. The second kappa shape index (κ2) is 11.7. The minimum Gasteiger partial charge on any atom is -0.497 e. The first-order chi connectivity index (χ1) is 17.2. The fourth-order valence-corrected chi connectivity index (χ4v) is 5.49. The smallest absolute Gasteiger partial charge is 0.118 e. The fraction of sp³-hybridized carbons (Fsp3) is 0.375. The monoisotopic (exact) mass is 462 g/mol. The molecule has 0 aliphatic heterocycles. The third-order valence-corrected chi connectivity index (χ3v) is 7.59. The summed E-state index contributed by atoms with van der Waals surface area (Å²) >= 11 is 0. The summed E-state index contributed by atoms with van der Waals surface area (Å²) in [5.74, 6) is 2.30. The predicted molar refractivity (Wildman–Crippen MR) is 142 cm³/mol. The molecule has 0 radical (unpaired) electrons. The maximum absolute atomic E-state index is 9.98. The summed E-state index contributed by atoms with van der Waals surface area (Å²) < 4.78 is 5.24. The van der Waals surface area contributed by atoms with Crippen LogP contribution in [0.5, 0.6) is 5.75 Å². The van der Waals surface area contributed by atoms with Gasteiger partial charge in [-0.3, -0.25) is 0 Å². The molecule has 1 aliphatic rings. The lowest BCUT2D eigenvalue weighted by Crippen LogP contribution is -2.13. The van der Waals surface area contributed by atoms with Crippen LogP contribution in [0.15, 0.2) is 60.7 Å². The average molecular weight is 463 g/mol. The number of hydrogen-bond donors (Lipinski definition) is 0. The number of nitriles is 2. The van der Waals surface area contributed by atoms with Crippen LogP contribution in [0.25, 0.3) is 22.3 Å². The van der Waals surface area contributed by atoms with Gasteiger partial charge in [-0.15, -0.1) is 0 Å². The van der Waals surface area contributed by atoms with Crippen molar-refractivity contribution in [2.45, 2.75) is 64.2 Å². The van der Waals surface area contributed by atoms with E-state index in [0.29, 0.717) is 17.0 Å². The molecule has 0 bridgehead atoms. The first kappa shape index (κ1) is 24.6. The number of nitrogens with zero attached hydrogens (tertiary/aromatic N) is 2. The minimum absolute atomic E-state index is 0.417. The molecule has 0 aromatic heterocycles. The average Bonchev–Trinajstić information content (AvgIpc) is 2.93. The summed E-state index contributed by atoms with van der Waals surface area (Å²) in [6.07, 6.45) is 10.7. The van der Waals surface area contributed by atoms with Crippen molar-refractivity contribution in [2.75, 3.05) is 7.11 Å². The van der Waals surface area contributed by atoms with Crippen LogP contribution >= 0.6 is 0 Å². The molecule has 0 heterocycles. The van der Waals surface area contributed by atoms with E-state index in [1.165, 1.54) is 56.9 Å². The highest BCUT2D eigenvalue weighted by Gasteiger charge is 2.22. The molecule has 0 saturated heterocycles. The van der Waals surface area contributed by atoms with Gasteiger partial charge in [-0.25, -0.2) is 0 Å².